The number of fused-ring (bicyclic) bond motifs is 1. The molecule has 0 amide bonds. The number of ether oxygens (including phenoxy) is 1. The van der Waals surface area contributed by atoms with Crippen molar-refractivity contribution in [3.05, 3.63) is 41.7 Å². The van der Waals surface area contributed by atoms with E-state index in [4.69, 9.17) is 9.73 Å². The number of hydrogen-bond donors (Lipinski definition) is 1. The number of nitrogens with one attached hydrogen (secondary N) is 1. The Morgan fingerprint density at radius 1 is 0.944 bits per heavy atom. The predicted molar refractivity (Wildman–Crippen MR) is 152 cm³/mol. The fourth-order valence-corrected chi connectivity index (χ4v) is 5.59. The molecule has 0 atom stereocenters. The van der Waals surface area contributed by atoms with E-state index in [-0.39, 0.29) is 0 Å². The van der Waals surface area contributed by atoms with Crippen LogP contribution in [-0.4, -0.2) is 52.9 Å². The van der Waals surface area contributed by atoms with Gasteiger partial charge in [-0.1, -0.05) is 52.0 Å². The minimum atomic E-state index is -0.554. The molecule has 0 radical (unpaired) electrons. The fourth-order valence-electron chi connectivity index (χ4n) is 5.59. The zero-order valence-corrected chi connectivity index (χ0v) is 23.6. The van der Waals surface area contributed by atoms with Crippen molar-refractivity contribution in [2.45, 2.75) is 91.6 Å². The molecule has 1 aromatic carbocycles. The number of nitrogens with zero attached hydrogens (tertiary/aromatic N) is 4. The van der Waals surface area contributed by atoms with Crippen LogP contribution in [0.2, 0.25) is 0 Å². The Kier molecular flexibility index (Phi) is 10.3. The van der Waals surface area contributed by atoms with E-state index >= 15 is 0 Å². The largest absolute Gasteiger partial charge is 0.463 e. The van der Waals surface area contributed by atoms with Crippen molar-refractivity contribution in [2.24, 2.45) is 10.9 Å². The highest BCUT2D eigenvalue weighted by atomic mass is 16.5. The number of likely N-dealkylation sites (tertiary alicyclic amines) is 1. The lowest BCUT2D eigenvalue weighted by Gasteiger charge is -2.33. The molecule has 3 heterocycles. The van der Waals surface area contributed by atoms with E-state index in [1.807, 2.05) is 48.6 Å². The van der Waals surface area contributed by atoms with Crippen LogP contribution in [0.15, 0.2) is 35.6 Å². The van der Waals surface area contributed by atoms with Gasteiger partial charge in [0.2, 0.25) is 5.88 Å². The first-order valence-corrected chi connectivity index (χ1v) is 14.2. The normalized spacial score (nSPS) is 22.6. The summed E-state index contributed by atoms with van der Waals surface area (Å²) in [5, 5.41) is 3.09. The molecule has 2 fully saturated rings. The van der Waals surface area contributed by atoms with Gasteiger partial charge in [-0.3, -0.25) is 0 Å². The average molecular weight is 494 g/mol. The van der Waals surface area contributed by atoms with E-state index in [9.17, 15) is 0 Å². The van der Waals surface area contributed by atoms with Crippen molar-refractivity contribution >= 4 is 17.2 Å². The lowest BCUT2D eigenvalue weighted by atomic mass is 9.78. The van der Waals surface area contributed by atoms with Gasteiger partial charge in [0.25, 0.3) is 0 Å². The first-order chi connectivity index (χ1) is 17.5. The maximum atomic E-state index is 6.22. The third kappa shape index (κ3) is 6.44. The summed E-state index contributed by atoms with van der Waals surface area (Å²) in [6.07, 6.45) is 9.64. The lowest BCUT2D eigenvalue weighted by molar-refractivity contribution is 0.171. The second-order valence-electron chi connectivity index (χ2n) is 10.0. The van der Waals surface area contributed by atoms with Gasteiger partial charge in [-0.15, -0.1) is 0 Å². The van der Waals surface area contributed by atoms with Crippen LogP contribution in [0.25, 0.3) is 0 Å². The van der Waals surface area contributed by atoms with Crippen LogP contribution in [0.3, 0.4) is 0 Å². The van der Waals surface area contributed by atoms with Gasteiger partial charge >= 0.3 is 0 Å². The van der Waals surface area contributed by atoms with Crippen LogP contribution in [0.5, 0.6) is 5.88 Å². The van der Waals surface area contributed by atoms with E-state index in [1.54, 1.807) is 0 Å². The van der Waals surface area contributed by atoms with Crippen LogP contribution in [-0.2, 0) is 0 Å². The van der Waals surface area contributed by atoms with Crippen LogP contribution in [0.1, 0.15) is 97.1 Å². The molecule has 1 saturated heterocycles. The first kappa shape index (κ1) is 28.1. The van der Waals surface area contributed by atoms with E-state index in [2.05, 4.69) is 44.5 Å². The summed E-state index contributed by atoms with van der Waals surface area (Å²) in [6, 6.07) is 9.03. The number of anilines is 1. The Bertz CT molecular complexity index is 971. The van der Waals surface area contributed by atoms with Crippen molar-refractivity contribution < 1.29 is 4.74 Å². The van der Waals surface area contributed by atoms with Gasteiger partial charge in [-0.2, -0.15) is 4.98 Å². The highest BCUT2D eigenvalue weighted by molar-refractivity contribution is 6.09. The highest BCUT2D eigenvalue weighted by Crippen LogP contribution is 2.41. The maximum absolute atomic E-state index is 6.22. The quantitative estimate of drug-likeness (QED) is 0.476. The summed E-state index contributed by atoms with van der Waals surface area (Å²) in [7, 11) is 1.84. The average Bonchev–Trinajstić information content (AvgIpc) is 3.43. The number of aromatic nitrogens is 2. The predicted octanol–water partition coefficient (Wildman–Crippen LogP) is 7.23. The van der Waals surface area contributed by atoms with E-state index < -0.39 is 5.60 Å². The van der Waals surface area contributed by atoms with Crippen LogP contribution >= 0.6 is 0 Å². The van der Waals surface area contributed by atoms with E-state index in [1.165, 1.54) is 70.0 Å². The van der Waals surface area contributed by atoms with E-state index in [0.29, 0.717) is 23.3 Å². The number of hydrogen-bond acceptors (Lipinski definition) is 6. The molecular weight excluding hydrogens is 446 g/mol. The van der Waals surface area contributed by atoms with Gasteiger partial charge in [-0.25, -0.2) is 9.98 Å². The summed E-state index contributed by atoms with van der Waals surface area (Å²) in [6.45, 7) is 16.0. The van der Waals surface area contributed by atoms with Crippen LogP contribution < -0.4 is 10.1 Å². The summed E-state index contributed by atoms with van der Waals surface area (Å²) in [5.41, 5.74) is 3.59. The van der Waals surface area contributed by atoms with Crippen molar-refractivity contribution in [3.8, 4) is 5.88 Å². The molecule has 198 valence electrons. The van der Waals surface area contributed by atoms with Gasteiger partial charge in [0, 0.05) is 19.2 Å². The molecule has 0 unspecified atom stereocenters. The molecule has 0 bridgehead atoms. The Hall–Kier alpha value is -2.47. The van der Waals surface area contributed by atoms with Gasteiger partial charge in [0.15, 0.2) is 11.5 Å². The molecule has 0 spiro atoms. The lowest BCUT2D eigenvalue weighted by Crippen LogP contribution is -2.41. The second-order valence-corrected chi connectivity index (χ2v) is 10.0. The number of benzene rings is 1. The zero-order valence-electron chi connectivity index (χ0n) is 23.6. The summed E-state index contributed by atoms with van der Waals surface area (Å²) >= 11 is 0. The second kappa shape index (κ2) is 13.2. The third-order valence-electron chi connectivity index (χ3n) is 7.39. The van der Waals surface area contributed by atoms with Gasteiger partial charge in [-0.05, 0) is 82.9 Å². The third-order valence-corrected chi connectivity index (χ3v) is 7.39. The topological polar surface area (TPSA) is 62.6 Å². The molecule has 1 saturated carbocycles. The van der Waals surface area contributed by atoms with Gasteiger partial charge in [0.05, 0.1) is 5.71 Å². The summed E-state index contributed by atoms with van der Waals surface area (Å²) in [5.74, 6) is 2.79. The first-order valence-electron chi connectivity index (χ1n) is 14.2. The fraction of sp³-hybridized carbons (Fsp3) is 0.633. The molecule has 1 aromatic heterocycles. The monoisotopic (exact) mass is 493 g/mol. The zero-order chi connectivity index (χ0) is 26.1. The summed E-state index contributed by atoms with van der Waals surface area (Å²) < 4.78 is 6.22. The summed E-state index contributed by atoms with van der Waals surface area (Å²) in [4.78, 5) is 16.2. The van der Waals surface area contributed by atoms with Gasteiger partial charge < -0.3 is 15.0 Å². The SMILES string of the molecule is CC.CC.CNc1ncnc2c1N=C(c1ccc(C3CCC(CN4CCCC4)CC3)cc1)C(C)(C)O2. The molecule has 1 aliphatic carbocycles. The van der Waals surface area contributed by atoms with Crippen LogP contribution in [0.4, 0.5) is 11.5 Å². The van der Waals surface area contributed by atoms with Crippen molar-refractivity contribution in [3.63, 3.8) is 0 Å². The molecular formula is C30H47N5O. The molecule has 6 nitrogen and oxygen atoms in total. The Morgan fingerprint density at radius 3 is 2.19 bits per heavy atom. The Morgan fingerprint density at radius 2 is 1.58 bits per heavy atom. The molecule has 36 heavy (non-hydrogen) atoms. The molecule has 1 N–H and O–H groups in total. The van der Waals surface area contributed by atoms with Gasteiger partial charge in [0.1, 0.15) is 11.9 Å². The Balaban J connectivity index is 0.000000861. The minimum Gasteiger partial charge on any atom is -0.463 e. The molecule has 5 rings (SSSR count). The minimum absolute atomic E-state index is 0.528. The standard InChI is InChI=1S/C26H35N5O.2C2H6/c1-26(2)23(30-22-24(27-3)28-17-29-25(22)32-26)21-12-10-20(11-13-21)19-8-6-18(7-9-19)16-31-14-4-5-15-31;2*1-2/h10-13,17-19H,4-9,14-16H2,1-3H3,(H,27,28,29);2*1-2H3. The molecule has 3 aliphatic rings. The van der Waals surface area contributed by atoms with Crippen molar-refractivity contribution in [2.75, 3.05) is 32.0 Å². The van der Waals surface area contributed by atoms with Crippen molar-refractivity contribution in [1.29, 1.82) is 0 Å². The molecule has 2 aliphatic heterocycles. The number of aliphatic imine (C=N–C) groups is 1. The number of rotatable bonds is 5. The molecule has 2 aromatic rings. The van der Waals surface area contributed by atoms with Crippen molar-refractivity contribution in [1.82, 2.24) is 14.9 Å². The van der Waals surface area contributed by atoms with E-state index in [0.717, 1.165) is 17.2 Å². The Labute approximate surface area is 219 Å². The molecule has 6 heteroatoms. The highest BCUT2D eigenvalue weighted by Gasteiger charge is 2.35. The maximum Gasteiger partial charge on any atom is 0.246 e. The van der Waals surface area contributed by atoms with Crippen LogP contribution in [0, 0.1) is 5.92 Å². The smallest absolute Gasteiger partial charge is 0.246 e.